The lowest BCUT2D eigenvalue weighted by Gasteiger charge is -2.45. The lowest BCUT2D eigenvalue weighted by Crippen LogP contribution is -2.54. The highest BCUT2D eigenvalue weighted by molar-refractivity contribution is 7.90. The fraction of sp³-hybridized carbons (Fsp3) is 0.520. The van der Waals surface area contributed by atoms with Crippen molar-refractivity contribution in [2.75, 3.05) is 35.8 Å². The van der Waals surface area contributed by atoms with E-state index in [9.17, 15) is 18.0 Å². The Kier molecular flexibility index (Phi) is 6.35. The molecular weight excluding hydrogens is 498 g/mol. The molecular formula is C25H31N5O6S. The van der Waals surface area contributed by atoms with Crippen molar-refractivity contribution < 1.29 is 27.5 Å². The van der Waals surface area contributed by atoms with E-state index >= 15 is 0 Å². The fourth-order valence-electron chi connectivity index (χ4n) is 5.03. The Bertz CT molecular complexity index is 1340. The molecule has 11 nitrogen and oxygen atoms in total. The van der Waals surface area contributed by atoms with Gasteiger partial charge in [0.1, 0.15) is 11.4 Å². The van der Waals surface area contributed by atoms with Crippen LogP contribution in [0.5, 0.6) is 0 Å². The Morgan fingerprint density at radius 3 is 2.62 bits per heavy atom. The number of sulfone groups is 1. The summed E-state index contributed by atoms with van der Waals surface area (Å²) in [6.45, 7) is 6.91. The largest absolute Gasteiger partial charge is 0.443 e. The Morgan fingerprint density at radius 1 is 1.19 bits per heavy atom. The molecule has 3 aliphatic heterocycles. The topological polar surface area (TPSA) is 122 Å². The van der Waals surface area contributed by atoms with E-state index in [1.807, 2.05) is 45.0 Å². The van der Waals surface area contributed by atoms with E-state index in [1.165, 1.54) is 6.20 Å². The van der Waals surface area contributed by atoms with Gasteiger partial charge in [-0.25, -0.2) is 28.0 Å². The van der Waals surface area contributed by atoms with Gasteiger partial charge in [0.25, 0.3) is 0 Å². The average molecular weight is 530 g/mol. The maximum atomic E-state index is 14.0. The van der Waals surface area contributed by atoms with Gasteiger partial charge in [-0.3, -0.25) is 9.80 Å². The van der Waals surface area contributed by atoms with Crippen LogP contribution in [-0.2, 0) is 25.9 Å². The molecule has 0 bridgehead atoms. The minimum Gasteiger partial charge on any atom is -0.443 e. The van der Waals surface area contributed by atoms with Crippen LogP contribution in [0.3, 0.4) is 0 Å². The minimum absolute atomic E-state index is 0.216. The quantitative estimate of drug-likeness (QED) is 0.555. The molecule has 4 heterocycles. The molecule has 1 aromatic heterocycles. The van der Waals surface area contributed by atoms with Crippen molar-refractivity contribution >= 4 is 33.5 Å². The number of para-hydroxylation sites is 1. The highest BCUT2D eigenvalue weighted by Gasteiger charge is 2.43. The summed E-state index contributed by atoms with van der Waals surface area (Å²) in [5, 5.41) is -0.313. The van der Waals surface area contributed by atoms with Crippen LogP contribution >= 0.6 is 0 Å². The summed E-state index contributed by atoms with van der Waals surface area (Å²) in [4.78, 5) is 40.3. The molecule has 37 heavy (non-hydrogen) atoms. The first kappa shape index (κ1) is 25.4. The first-order valence-electron chi connectivity index (χ1n) is 12.3. The van der Waals surface area contributed by atoms with Gasteiger partial charge in [-0.15, -0.1) is 0 Å². The van der Waals surface area contributed by atoms with Crippen molar-refractivity contribution in [3.8, 4) is 0 Å². The number of benzene rings is 1. The third-order valence-electron chi connectivity index (χ3n) is 6.65. The van der Waals surface area contributed by atoms with Gasteiger partial charge in [-0.05, 0) is 45.2 Å². The van der Waals surface area contributed by atoms with Gasteiger partial charge in [-0.1, -0.05) is 18.2 Å². The number of ether oxygens (including phenoxy) is 2. The van der Waals surface area contributed by atoms with Crippen LogP contribution in [0.4, 0.5) is 21.1 Å². The van der Waals surface area contributed by atoms with Crippen LogP contribution in [-0.4, -0.2) is 73.1 Å². The molecule has 12 heteroatoms. The summed E-state index contributed by atoms with van der Waals surface area (Å²) in [7, 11) is -3.66. The number of amides is 3. The van der Waals surface area contributed by atoms with E-state index in [2.05, 4.69) is 9.97 Å². The van der Waals surface area contributed by atoms with Crippen molar-refractivity contribution in [2.45, 2.75) is 63.0 Å². The third kappa shape index (κ3) is 4.87. The van der Waals surface area contributed by atoms with E-state index in [0.717, 1.165) is 11.8 Å². The zero-order valence-electron chi connectivity index (χ0n) is 21.4. The summed E-state index contributed by atoms with van der Waals surface area (Å²) in [6.07, 6.45) is 3.23. The highest BCUT2D eigenvalue weighted by atomic mass is 32.2. The van der Waals surface area contributed by atoms with Gasteiger partial charge in [0, 0.05) is 31.2 Å². The molecule has 0 aliphatic carbocycles. The van der Waals surface area contributed by atoms with Crippen LogP contribution in [0.15, 0.2) is 35.6 Å². The molecule has 2 atom stereocenters. The Morgan fingerprint density at radius 2 is 1.95 bits per heavy atom. The van der Waals surface area contributed by atoms with Crippen LogP contribution in [0, 0.1) is 0 Å². The second-order valence-electron chi connectivity index (χ2n) is 10.6. The van der Waals surface area contributed by atoms with Crippen molar-refractivity contribution in [3.63, 3.8) is 0 Å². The lowest BCUT2D eigenvalue weighted by molar-refractivity contribution is 0.0572. The maximum absolute atomic E-state index is 14.0. The number of nitrogens with zero attached hydrogens (tertiary/aromatic N) is 5. The van der Waals surface area contributed by atoms with Gasteiger partial charge < -0.3 is 14.4 Å². The van der Waals surface area contributed by atoms with Crippen LogP contribution < -0.4 is 9.80 Å². The molecule has 1 fully saturated rings. The summed E-state index contributed by atoms with van der Waals surface area (Å²) in [6, 6.07) is 6.67. The second-order valence-corrected chi connectivity index (χ2v) is 12.5. The van der Waals surface area contributed by atoms with Gasteiger partial charge in [0.2, 0.25) is 15.0 Å². The number of fused-ring (bicyclic) bond motifs is 2. The first-order valence-corrected chi connectivity index (χ1v) is 14.2. The van der Waals surface area contributed by atoms with E-state index in [-0.39, 0.29) is 29.8 Å². The van der Waals surface area contributed by atoms with Crippen LogP contribution in [0.2, 0.25) is 0 Å². The summed E-state index contributed by atoms with van der Waals surface area (Å²) in [5.41, 5.74) is 1.56. The van der Waals surface area contributed by atoms with Crippen molar-refractivity contribution in [2.24, 2.45) is 0 Å². The molecule has 2 aromatic rings. The van der Waals surface area contributed by atoms with Gasteiger partial charge in [-0.2, -0.15) is 0 Å². The lowest BCUT2D eigenvalue weighted by atomic mass is 9.94. The summed E-state index contributed by atoms with van der Waals surface area (Å²) in [5.74, 6) is 0.312. The highest BCUT2D eigenvalue weighted by Crippen LogP contribution is 2.42. The number of rotatable bonds is 3. The predicted molar refractivity (Wildman–Crippen MR) is 135 cm³/mol. The smallest absolute Gasteiger partial charge is 0.414 e. The number of carbonyl (C=O) groups is 2. The first-order chi connectivity index (χ1) is 17.4. The standard InChI is InChI=1S/C25H31N5O6S/c1-25(2,3)36-24(32)28-11-9-20(18-7-5-6-8-19(18)28)29-14-16-13-26-22(37(4,33)34)27-21(16)30(23(29)31)17-10-12-35-15-17/h5-8,13,17,20H,9-12,14-15H2,1-4H3/t17-,20-/m0/s1. The average Bonchev–Trinajstić information content (AvgIpc) is 3.35. The van der Waals surface area contributed by atoms with Gasteiger partial charge >= 0.3 is 12.1 Å². The molecule has 0 spiro atoms. The molecule has 0 unspecified atom stereocenters. The zero-order chi connectivity index (χ0) is 26.5. The van der Waals surface area contributed by atoms with E-state index in [4.69, 9.17) is 9.47 Å². The van der Waals surface area contributed by atoms with E-state index in [0.29, 0.717) is 49.7 Å². The monoisotopic (exact) mass is 529 g/mol. The number of aromatic nitrogens is 2. The minimum atomic E-state index is -3.66. The zero-order valence-corrected chi connectivity index (χ0v) is 22.2. The van der Waals surface area contributed by atoms with Crippen LogP contribution in [0.1, 0.15) is 50.8 Å². The van der Waals surface area contributed by atoms with E-state index in [1.54, 1.807) is 14.7 Å². The molecule has 198 valence electrons. The molecule has 0 saturated carbocycles. The SMILES string of the molecule is CC(C)(C)OC(=O)N1CC[C@H](N2Cc3cnc(S(C)(=O)=O)nc3N([C@H]3CCOC3)C2=O)c2ccccc21. The number of hydrogen-bond donors (Lipinski definition) is 0. The molecule has 5 rings (SSSR count). The van der Waals surface area contributed by atoms with Crippen LogP contribution in [0.25, 0.3) is 0 Å². The molecule has 3 amide bonds. The van der Waals surface area contributed by atoms with Gasteiger partial charge in [0.15, 0.2) is 0 Å². The Labute approximate surface area is 216 Å². The van der Waals surface area contributed by atoms with Crippen molar-refractivity contribution in [1.29, 1.82) is 0 Å². The summed E-state index contributed by atoms with van der Waals surface area (Å²) >= 11 is 0. The molecule has 0 N–H and O–H groups in total. The molecule has 3 aliphatic rings. The van der Waals surface area contributed by atoms with Crippen molar-refractivity contribution in [1.82, 2.24) is 14.9 Å². The van der Waals surface area contributed by atoms with Gasteiger partial charge in [0.05, 0.1) is 30.9 Å². The maximum Gasteiger partial charge on any atom is 0.414 e. The summed E-state index contributed by atoms with van der Waals surface area (Å²) < 4.78 is 35.5. The normalized spacial score (nSPS) is 22.1. The molecule has 0 radical (unpaired) electrons. The Balaban J connectivity index is 1.53. The molecule has 1 aromatic carbocycles. The van der Waals surface area contributed by atoms with Crippen molar-refractivity contribution in [3.05, 3.63) is 41.6 Å². The number of anilines is 2. The fourth-order valence-corrected chi connectivity index (χ4v) is 5.53. The van der Waals surface area contributed by atoms with E-state index < -0.39 is 21.5 Å². The third-order valence-corrected chi connectivity index (χ3v) is 7.51. The predicted octanol–water partition coefficient (Wildman–Crippen LogP) is 3.30. The molecule has 1 saturated heterocycles. The second kappa shape index (κ2) is 9.25. The Hall–Kier alpha value is -3.25. The number of carbonyl (C=O) groups excluding carboxylic acids is 2. The number of hydrogen-bond acceptors (Lipinski definition) is 8. The number of urea groups is 1.